The van der Waals surface area contributed by atoms with Crippen LogP contribution in [0.3, 0.4) is 0 Å². The first-order valence-electron chi connectivity index (χ1n) is 6.13. The van der Waals surface area contributed by atoms with E-state index in [2.05, 4.69) is 5.32 Å². The van der Waals surface area contributed by atoms with Crippen LogP contribution in [0.2, 0.25) is 0 Å². The molecule has 0 aliphatic carbocycles. The average Bonchev–Trinajstić information content (AvgIpc) is 2.34. The lowest BCUT2D eigenvalue weighted by Crippen LogP contribution is -2.47. The van der Waals surface area contributed by atoms with Crippen LogP contribution in [0.5, 0.6) is 0 Å². The molecule has 0 saturated heterocycles. The third-order valence-corrected chi connectivity index (χ3v) is 2.77. The number of benzene rings is 1. The van der Waals surface area contributed by atoms with Crippen LogP contribution in [0.4, 0.5) is 0 Å². The maximum Gasteiger partial charge on any atom is 0.240 e. The van der Waals surface area contributed by atoms with Crippen LogP contribution >= 0.6 is 0 Å². The van der Waals surface area contributed by atoms with Crippen molar-refractivity contribution < 1.29 is 9.59 Å². The quantitative estimate of drug-likeness (QED) is 0.795. The second-order valence-electron chi connectivity index (χ2n) is 4.68. The van der Waals surface area contributed by atoms with Gasteiger partial charge in [-0.2, -0.15) is 0 Å². The van der Waals surface area contributed by atoms with Gasteiger partial charge in [0.2, 0.25) is 11.8 Å². The van der Waals surface area contributed by atoms with Crippen LogP contribution in [-0.2, 0) is 16.0 Å². The van der Waals surface area contributed by atoms with Gasteiger partial charge in [-0.15, -0.1) is 0 Å². The van der Waals surface area contributed by atoms with E-state index in [0.717, 1.165) is 5.56 Å². The summed E-state index contributed by atoms with van der Waals surface area (Å²) >= 11 is 0. The number of carbonyl (C=O) groups is 2. The molecular weight excluding hydrogens is 228 g/mol. The lowest BCUT2D eigenvalue weighted by atomic mass is 10.0. The molecule has 1 atom stereocenters. The van der Waals surface area contributed by atoms with Crippen molar-refractivity contribution in [2.24, 2.45) is 11.7 Å². The Morgan fingerprint density at radius 2 is 1.83 bits per heavy atom. The van der Waals surface area contributed by atoms with Crippen LogP contribution in [0.25, 0.3) is 0 Å². The molecule has 0 heterocycles. The predicted octanol–water partition coefficient (Wildman–Crippen LogP) is 1.25. The van der Waals surface area contributed by atoms with E-state index in [4.69, 9.17) is 5.73 Å². The van der Waals surface area contributed by atoms with Gasteiger partial charge in [-0.05, 0) is 17.9 Å². The largest absolute Gasteiger partial charge is 0.368 e. The van der Waals surface area contributed by atoms with E-state index in [0.29, 0.717) is 12.8 Å². The normalized spacial score (nSPS) is 12.2. The summed E-state index contributed by atoms with van der Waals surface area (Å²) in [5.41, 5.74) is 6.34. The molecule has 98 valence electrons. The van der Waals surface area contributed by atoms with Gasteiger partial charge in [-0.1, -0.05) is 44.2 Å². The van der Waals surface area contributed by atoms with Crippen LogP contribution in [0, 0.1) is 5.92 Å². The molecule has 0 aromatic heterocycles. The zero-order valence-corrected chi connectivity index (χ0v) is 10.8. The van der Waals surface area contributed by atoms with Gasteiger partial charge >= 0.3 is 0 Å². The lowest BCUT2D eigenvalue weighted by molar-refractivity contribution is -0.128. The zero-order valence-electron chi connectivity index (χ0n) is 10.8. The average molecular weight is 248 g/mol. The Morgan fingerprint density at radius 1 is 1.22 bits per heavy atom. The van der Waals surface area contributed by atoms with Crippen molar-refractivity contribution in [3.05, 3.63) is 35.9 Å². The van der Waals surface area contributed by atoms with Crippen molar-refractivity contribution in [2.75, 3.05) is 0 Å². The van der Waals surface area contributed by atoms with Crippen molar-refractivity contribution in [1.29, 1.82) is 0 Å². The molecule has 1 aromatic carbocycles. The van der Waals surface area contributed by atoms with E-state index in [9.17, 15) is 9.59 Å². The van der Waals surface area contributed by atoms with Crippen molar-refractivity contribution in [3.8, 4) is 0 Å². The van der Waals surface area contributed by atoms with Gasteiger partial charge in [0, 0.05) is 6.42 Å². The number of primary amides is 1. The minimum Gasteiger partial charge on any atom is -0.368 e. The van der Waals surface area contributed by atoms with Crippen molar-refractivity contribution in [3.63, 3.8) is 0 Å². The lowest BCUT2D eigenvalue weighted by Gasteiger charge is -2.18. The molecular formula is C14H20N2O2. The van der Waals surface area contributed by atoms with Gasteiger partial charge in [0.05, 0.1) is 0 Å². The molecule has 18 heavy (non-hydrogen) atoms. The molecule has 0 fully saturated rings. The maximum atomic E-state index is 11.7. The Hall–Kier alpha value is -1.84. The molecule has 4 heteroatoms. The van der Waals surface area contributed by atoms with Crippen LogP contribution in [0.1, 0.15) is 25.8 Å². The number of nitrogens with two attached hydrogens (primary N) is 1. The van der Waals surface area contributed by atoms with Crippen LogP contribution < -0.4 is 11.1 Å². The third-order valence-electron chi connectivity index (χ3n) is 2.77. The maximum absolute atomic E-state index is 11.7. The van der Waals surface area contributed by atoms with E-state index >= 15 is 0 Å². The smallest absolute Gasteiger partial charge is 0.240 e. The van der Waals surface area contributed by atoms with E-state index in [1.165, 1.54) is 0 Å². The van der Waals surface area contributed by atoms with Gasteiger partial charge in [-0.3, -0.25) is 9.59 Å². The number of nitrogens with one attached hydrogen (secondary N) is 1. The van der Waals surface area contributed by atoms with Crippen LogP contribution in [0.15, 0.2) is 30.3 Å². The number of amides is 2. The summed E-state index contributed by atoms with van der Waals surface area (Å²) in [6.07, 6.45) is 1.02. The highest BCUT2D eigenvalue weighted by molar-refractivity contribution is 5.86. The first-order chi connectivity index (χ1) is 8.50. The number of aryl methyl sites for hydroxylation is 1. The molecule has 0 saturated carbocycles. The first kappa shape index (κ1) is 14.2. The molecule has 0 aliphatic rings. The van der Waals surface area contributed by atoms with Gasteiger partial charge < -0.3 is 11.1 Å². The molecule has 3 N–H and O–H groups in total. The summed E-state index contributed by atoms with van der Waals surface area (Å²) in [6.45, 7) is 3.71. The fourth-order valence-corrected chi connectivity index (χ4v) is 1.71. The Balaban J connectivity index is 2.44. The highest BCUT2D eigenvalue weighted by Gasteiger charge is 2.21. The predicted molar refractivity (Wildman–Crippen MR) is 70.7 cm³/mol. The highest BCUT2D eigenvalue weighted by atomic mass is 16.2. The standard InChI is InChI=1S/C14H20N2O2/c1-10(2)13(14(15)18)16-12(17)9-8-11-6-4-3-5-7-11/h3-7,10,13H,8-9H2,1-2H3,(H2,15,18)(H,16,17)/t13-/m0/s1. The molecule has 1 rings (SSSR count). The molecule has 2 amide bonds. The number of hydrogen-bond acceptors (Lipinski definition) is 2. The Morgan fingerprint density at radius 3 is 2.33 bits per heavy atom. The number of hydrogen-bond donors (Lipinski definition) is 2. The Kier molecular flexibility index (Phi) is 5.36. The monoisotopic (exact) mass is 248 g/mol. The molecule has 1 aromatic rings. The van der Waals surface area contributed by atoms with Crippen LogP contribution in [-0.4, -0.2) is 17.9 Å². The second kappa shape index (κ2) is 6.79. The Bertz CT molecular complexity index is 402. The summed E-state index contributed by atoms with van der Waals surface area (Å²) in [6, 6.07) is 9.17. The Labute approximate surface area is 108 Å². The van der Waals surface area contributed by atoms with E-state index in [1.807, 2.05) is 44.2 Å². The van der Waals surface area contributed by atoms with Crippen molar-refractivity contribution >= 4 is 11.8 Å². The molecule has 0 spiro atoms. The minimum atomic E-state index is -0.590. The zero-order chi connectivity index (χ0) is 13.5. The van der Waals surface area contributed by atoms with Crippen molar-refractivity contribution in [2.45, 2.75) is 32.7 Å². The summed E-state index contributed by atoms with van der Waals surface area (Å²) in [7, 11) is 0. The SMILES string of the molecule is CC(C)[C@H](NC(=O)CCc1ccccc1)C(N)=O. The van der Waals surface area contributed by atoms with Gasteiger partial charge in [-0.25, -0.2) is 0 Å². The summed E-state index contributed by atoms with van der Waals surface area (Å²) in [5, 5.41) is 2.67. The number of carbonyl (C=O) groups excluding carboxylic acids is 2. The topological polar surface area (TPSA) is 72.2 Å². The molecule has 0 unspecified atom stereocenters. The molecule has 0 radical (unpaired) electrons. The third kappa shape index (κ3) is 4.57. The molecule has 0 aliphatic heterocycles. The molecule has 4 nitrogen and oxygen atoms in total. The fourth-order valence-electron chi connectivity index (χ4n) is 1.71. The summed E-state index contributed by atoms with van der Waals surface area (Å²) in [4.78, 5) is 22.9. The number of rotatable bonds is 6. The molecule has 0 bridgehead atoms. The van der Waals surface area contributed by atoms with E-state index in [-0.39, 0.29) is 11.8 Å². The summed E-state index contributed by atoms with van der Waals surface area (Å²) < 4.78 is 0. The minimum absolute atomic E-state index is 0.00294. The second-order valence-corrected chi connectivity index (χ2v) is 4.68. The van der Waals surface area contributed by atoms with Gasteiger partial charge in [0.25, 0.3) is 0 Å². The fraction of sp³-hybridized carbons (Fsp3) is 0.429. The van der Waals surface area contributed by atoms with Gasteiger partial charge in [0.15, 0.2) is 0 Å². The van der Waals surface area contributed by atoms with E-state index < -0.39 is 11.9 Å². The summed E-state index contributed by atoms with van der Waals surface area (Å²) in [5.74, 6) is -0.627. The van der Waals surface area contributed by atoms with Crippen molar-refractivity contribution in [1.82, 2.24) is 5.32 Å². The first-order valence-corrected chi connectivity index (χ1v) is 6.13. The van der Waals surface area contributed by atoms with Gasteiger partial charge in [0.1, 0.15) is 6.04 Å². The van der Waals surface area contributed by atoms with E-state index in [1.54, 1.807) is 0 Å². The highest BCUT2D eigenvalue weighted by Crippen LogP contribution is 2.04.